The Hall–Kier alpha value is -3.50. The predicted molar refractivity (Wildman–Crippen MR) is 151 cm³/mol. The number of fused-ring (bicyclic) bond motifs is 1. The summed E-state index contributed by atoms with van der Waals surface area (Å²) >= 11 is 0. The summed E-state index contributed by atoms with van der Waals surface area (Å²) in [5.41, 5.74) is 17.3. The van der Waals surface area contributed by atoms with Crippen LogP contribution in [0.25, 0.3) is 0 Å². The molecule has 0 spiro atoms. The van der Waals surface area contributed by atoms with Crippen LogP contribution in [-0.4, -0.2) is 61.1 Å². The maximum absolute atomic E-state index is 13.3. The van der Waals surface area contributed by atoms with E-state index >= 15 is 0 Å². The van der Waals surface area contributed by atoms with Gasteiger partial charge in [0, 0.05) is 31.6 Å². The molecule has 0 saturated heterocycles. The fourth-order valence-corrected chi connectivity index (χ4v) is 4.51. The second kappa shape index (κ2) is 13.7. The molecule has 228 valence electrons. The van der Waals surface area contributed by atoms with Crippen molar-refractivity contribution in [2.45, 2.75) is 63.0 Å². The molecule has 2 aromatic carbocycles. The van der Waals surface area contributed by atoms with E-state index in [0.717, 1.165) is 17.7 Å². The molecule has 0 radical (unpaired) electrons. The first-order valence-corrected chi connectivity index (χ1v) is 13.4. The summed E-state index contributed by atoms with van der Waals surface area (Å²) in [5, 5.41) is 18.1. The van der Waals surface area contributed by atoms with Crippen LogP contribution in [0.1, 0.15) is 43.4 Å². The van der Waals surface area contributed by atoms with E-state index in [0.29, 0.717) is 16.7 Å². The largest absolute Gasteiger partial charge is 0.492 e. The molecule has 0 bridgehead atoms. The van der Waals surface area contributed by atoms with E-state index in [1.807, 2.05) is 0 Å². The molecule has 2 atom stereocenters. The Kier molecular flexibility index (Phi) is 10.7. The zero-order chi connectivity index (χ0) is 31.2. The number of halogens is 3. The lowest BCUT2D eigenvalue weighted by Crippen LogP contribution is -2.51. The molecule has 1 aliphatic heterocycles. The van der Waals surface area contributed by atoms with Gasteiger partial charge in [-0.25, -0.2) is 0 Å². The Labute approximate surface area is 241 Å². The van der Waals surface area contributed by atoms with Crippen molar-refractivity contribution in [1.82, 2.24) is 10.6 Å². The summed E-state index contributed by atoms with van der Waals surface area (Å²) in [6.07, 6.45) is -4.84. The van der Waals surface area contributed by atoms with Crippen molar-refractivity contribution in [2.75, 3.05) is 18.4 Å². The van der Waals surface area contributed by atoms with E-state index in [9.17, 15) is 32.6 Å². The molecule has 3 amide bonds. The molecule has 11 nitrogen and oxygen atoms in total. The summed E-state index contributed by atoms with van der Waals surface area (Å²) in [6.45, 7) is 3.86. The Morgan fingerprint density at radius 3 is 2.26 bits per heavy atom. The van der Waals surface area contributed by atoms with Crippen LogP contribution in [0.5, 0.6) is 0 Å². The van der Waals surface area contributed by atoms with Crippen molar-refractivity contribution >= 4 is 36.0 Å². The SMILES string of the molecule is CC1(C)OB(O)c2cc(NC(=O)[C@@H](Cc3ccc(C(F)(F)F)cc3)NC(=O)[C@@H](N)CCC(=O)NC(CN)CN)ccc21. The highest BCUT2D eigenvalue weighted by atomic mass is 19.4. The zero-order valence-corrected chi connectivity index (χ0v) is 23.3. The monoisotopic (exact) mass is 592 g/mol. The molecular formula is C27H36BF3N6O5. The molecule has 10 N–H and O–H groups in total. The topological polar surface area (TPSA) is 195 Å². The minimum atomic E-state index is -4.53. The number of carbonyl (C=O) groups is 3. The molecule has 2 aromatic rings. The Morgan fingerprint density at radius 2 is 1.67 bits per heavy atom. The van der Waals surface area contributed by atoms with Crippen LogP contribution in [0.4, 0.5) is 18.9 Å². The van der Waals surface area contributed by atoms with Crippen LogP contribution in [0.2, 0.25) is 0 Å². The third-order valence-electron chi connectivity index (χ3n) is 6.95. The average molecular weight is 592 g/mol. The quantitative estimate of drug-likeness (QED) is 0.165. The average Bonchev–Trinajstić information content (AvgIpc) is 3.16. The fourth-order valence-electron chi connectivity index (χ4n) is 4.51. The number of nitrogens with one attached hydrogen (secondary N) is 3. The molecule has 42 heavy (non-hydrogen) atoms. The molecular weight excluding hydrogens is 556 g/mol. The van der Waals surface area contributed by atoms with E-state index < -0.39 is 60.3 Å². The summed E-state index contributed by atoms with van der Waals surface area (Å²) in [7, 11) is -1.20. The zero-order valence-electron chi connectivity index (χ0n) is 23.3. The maximum atomic E-state index is 13.3. The molecule has 0 saturated carbocycles. The van der Waals surface area contributed by atoms with Gasteiger partial charge >= 0.3 is 13.3 Å². The molecule has 0 fully saturated rings. The number of carbonyl (C=O) groups excluding carboxylic acids is 3. The van der Waals surface area contributed by atoms with Crippen molar-refractivity contribution in [1.29, 1.82) is 0 Å². The number of hydrogen-bond donors (Lipinski definition) is 7. The van der Waals surface area contributed by atoms with E-state index in [1.165, 1.54) is 12.1 Å². The van der Waals surface area contributed by atoms with E-state index in [-0.39, 0.29) is 32.4 Å². The van der Waals surface area contributed by atoms with Crippen LogP contribution in [0, 0.1) is 0 Å². The highest BCUT2D eigenvalue weighted by Crippen LogP contribution is 2.31. The van der Waals surface area contributed by atoms with Crippen LogP contribution < -0.4 is 38.6 Å². The van der Waals surface area contributed by atoms with Gasteiger partial charge in [-0.3, -0.25) is 14.4 Å². The van der Waals surface area contributed by atoms with Gasteiger partial charge in [-0.2, -0.15) is 13.2 Å². The number of hydrogen-bond acceptors (Lipinski definition) is 8. The van der Waals surface area contributed by atoms with Gasteiger partial charge in [0.25, 0.3) is 0 Å². The van der Waals surface area contributed by atoms with Crippen LogP contribution in [0.15, 0.2) is 42.5 Å². The third kappa shape index (κ3) is 8.52. The minimum Gasteiger partial charge on any atom is -0.423 e. The molecule has 15 heteroatoms. The van der Waals surface area contributed by atoms with Gasteiger partial charge < -0.3 is 42.8 Å². The third-order valence-corrected chi connectivity index (χ3v) is 6.95. The van der Waals surface area contributed by atoms with Crippen LogP contribution in [-0.2, 0) is 37.2 Å². The number of anilines is 1. The van der Waals surface area contributed by atoms with Crippen LogP contribution >= 0.6 is 0 Å². The van der Waals surface area contributed by atoms with Gasteiger partial charge in [-0.05, 0) is 61.1 Å². The molecule has 1 heterocycles. The Bertz CT molecular complexity index is 1270. The molecule has 0 unspecified atom stereocenters. The van der Waals surface area contributed by atoms with Crippen molar-refractivity contribution in [3.05, 3.63) is 59.2 Å². The second-order valence-corrected chi connectivity index (χ2v) is 10.6. The van der Waals surface area contributed by atoms with E-state index in [2.05, 4.69) is 16.0 Å². The fraction of sp³-hybridized carbons (Fsp3) is 0.444. The van der Waals surface area contributed by atoms with Crippen molar-refractivity contribution in [3.8, 4) is 0 Å². The molecule has 0 aromatic heterocycles. The van der Waals surface area contributed by atoms with Gasteiger partial charge in [0.1, 0.15) is 6.04 Å². The highest BCUT2D eigenvalue weighted by Gasteiger charge is 2.40. The second-order valence-electron chi connectivity index (χ2n) is 10.6. The number of amides is 3. The first kappa shape index (κ1) is 33.0. The number of benzene rings is 2. The first-order chi connectivity index (χ1) is 19.6. The lowest BCUT2D eigenvalue weighted by molar-refractivity contribution is -0.137. The van der Waals surface area contributed by atoms with Gasteiger partial charge in [-0.1, -0.05) is 18.2 Å². The Balaban J connectivity index is 1.74. The normalized spacial score (nSPS) is 15.6. The van der Waals surface area contributed by atoms with Crippen LogP contribution in [0.3, 0.4) is 0 Å². The highest BCUT2D eigenvalue weighted by molar-refractivity contribution is 6.62. The van der Waals surface area contributed by atoms with Crippen molar-refractivity contribution < 1.29 is 37.2 Å². The first-order valence-electron chi connectivity index (χ1n) is 13.4. The predicted octanol–water partition coefficient (Wildman–Crippen LogP) is -0.166. The lowest BCUT2D eigenvalue weighted by Gasteiger charge is -2.22. The molecule has 3 rings (SSSR count). The van der Waals surface area contributed by atoms with Crippen molar-refractivity contribution in [2.24, 2.45) is 17.2 Å². The Morgan fingerprint density at radius 1 is 1.02 bits per heavy atom. The minimum absolute atomic E-state index is 0.0490. The summed E-state index contributed by atoms with van der Waals surface area (Å²) in [4.78, 5) is 38.4. The summed E-state index contributed by atoms with van der Waals surface area (Å²) < 4.78 is 44.6. The van der Waals surface area contributed by atoms with E-state index in [4.69, 9.17) is 21.9 Å². The van der Waals surface area contributed by atoms with Gasteiger partial charge in [-0.15, -0.1) is 0 Å². The smallest absolute Gasteiger partial charge is 0.423 e. The van der Waals surface area contributed by atoms with E-state index in [1.54, 1.807) is 32.0 Å². The molecule has 0 aliphatic carbocycles. The standard InChI is InChI=1S/C27H36BF3N6O5/c1-26(2)19-8-7-17(12-20(19)28(41)42-26)36-25(40)22(11-15-3-5-16(6-4-15)27(29,30)31)37-24(39)21(34)9-10-23(38)35-18(13-32)14-33/h3-8,12,18,21-22,41H,9-11,13-14,32-34H2,1-2H3,(H,35,38)(H,36,40)(H,37,39)/t21-,22+/m0/s1. The van der Waals surface area contributed by atoms with Crippen molar-refractivity contribution in [3.63, 3.8) is 0 Å². The summed E-state index contributed by atoms with van der Waals surface area (Å²) in [5.74, 6) is -1.80. The lowest BCUT2D eigenvalue weighted by atomic mass is 9.78. The number of alkyl halides is 3. The number of rotatable bonds is 12. The van der Waals surface area contributed by atoms with Gasteiger partial charge in [0.05, 0.1) is 23.2 Å². The number of nitrogens with two attached hydrogens (primary N) is 3. The molecule has 1 aliphatic rings. The van der Waals surface area contributed by atoms with Gasteiger partial charge in [0.2, 0.25) is 17.7 Å². The maximum Gasteiger partial charge on any atom is 0.492 e. The summed E-state index contributed by atoms with van der Waals surface area (Å²) in [6, 6.07) is 6.24. The van der Waals surface area contributed by atoms with Gasteiger partial charge in [0.15, 0.2) is 0 Å².